The lowest BCUT2D eigenvalue weighted by molar-refractivity contribution is 0.251. The molecule has 0 radical (unpaired) electrons. The van der Waals surface area contributed by atoms with Crippen LogP contribution in [-0.2, 0) is 13.1 Å². The number of urea groups is 2. The summed E-state index contributed by atoms with van der Waals surface area (Å²) in [5.74, 6) is 0. The molecule has 0 bridgehead atoms. The molecule has 0 spiro atoms. The summed E-state index contributed by atoms with van der Waals surface area (Å²) in [6, 6.07) is 23.3. The molecule has 4 N–H and O–H groups in total. The molecule has 2 aromatic carbocycles. The normalized spacial score (nSPS) is 10.0. The molecule has 0 fully saturated rings. The first-order valence-corrected chi connectivity index (χ1v) is 8.84. The summed E-state index contributed by atoms with van der Waals surface area (Å²) in [4.78, 5) is 28.3. The summed E-state index contributed by atoms with van der Waals surface area (Å²) < 4.78 is 0. The summed E-state index contributed by atoms with van der Waals surface area (Å²) in [5, 5.41) is 11.0. The second-order valence-corrected chi connectivity index (χ2v) is 5.97. The van der Waals surface area contributed by atoms with Gasteiger partial charge in [0.05, 0.1) is 24.5 Å². The molecule has 1 heterocycles. The molecule has 0 saturated heterocycles. The second kappa shape index (κ2) is 9.72. The summed E-state index contributed by atoms with van der Waals surface area (Å²) in [6.07, 6.45) is 0. The van der Waals surface area contributed by atoms with Crippen LogP contribution in [0, 0.1) is 0 Å². The Kier molecular flexibility index (Phi) is 6.57. The molecule has 0 aliphatic carbocycles. The Balaban J connectivity index is 1.45. The standard InChI is InChI=1S/C21H21N5O2/c27-20(25-16-8-3-1-4-9-16)22-14-18-12-7-13-19(24-18)15-23-21(28)26-17-10-5-2-6-11-17/h1-13H,14-15H2,(H2,22,25,27)(H2,23,26,28). The SMILES string of the molecule is O=C(NCc1cccc(CNC(=O)Nc2ccccc2)n1)Nc1ccccc1. The van der Waals surface area contributed by atoms with Gasteiger partial charge in [0.15, 0.2) is 0 Å². The molecule has 0 saturated carbocycles. The van der Waals surface area contributed by atoms with Gasteiger partial charge in [-0.05, 0) is 36.4 Å². The number of anilines is 2. The third kappa shape index (κ3) is 6.14. The minimum Gasteiger partial charge on any atom is -0.332 e. The molecule has 7 heteroatoms. The first-order valence-electron chi connectivity index (χ1n) is 8.84. The Morgan fingerprint density at radius 1 is 0.607 bits per heavy atom. The van der Waals surface area contributed by atoms with Gasteiger partial charge < -0.3 is 21.3 Å². The highest BCUT2D eigenvalue weighted by Gasteiger charge is 2.05. The van der Waals surface area contributed by atoms with E-state index in [-0.39, 0.29) is 25.2 Å². The Hall–Kier alpha value is -3.87. The minimum absolute atomic E-state index is 0.280. The van der Waals surface area contributed by atoms with Crippen LogP contribution in [0.15, 0.2) is 78.9 Å². The van der Waals surface area contributed by atoms with Crippen LogP contribution >= 0.6 is 0 Å². The molecular weight excluding hydrogens is 354 g/mol. The Bertz CT molecular complexity index is 844. The maximum atomic E-state index is 11.9. The van der Waals surface area contributed by atoms with E-state index in [1.54, 1.807) is 0 Å². The van der Waals surface area contributed by atoms with Crippen molar-refractivity contribution in [3.05, 3.63) is 90.3 Å². The molecule has 1 aromatic heterocycles. The van der Waals surface area contributed by atoms with Crippen molar-refractivity contribution >= 4 is 23.4 Å². The van der Waals surface area contributed by atoms with Gasteiger partial charge in [-0.2, -0.15) is 0 Å². The number of carbonyl (C=O) groups is 2. The van der Waals surface area contributed by atoms with Crippen LogP contribution in [0.1, 0.15) is 11.4 Å². The number of amides is 4. The third-order valence-corrected chi connectivity index (χ3v) is 3.79. The van der Waals surface area contributed by atoms with Gasteiger partial charge in [0.2, 0.25) is 0 Å². The van der Waals surface area contributed by atoms with Crippen molar-refractivity contribution in [2.24, 2.45) is 0 Å². The van der Waals surface area contributed by atoms with Gasteiger partial charge in [0.1, 0.15) is 0 Å². The van der Waals surface area contributed by atoms with Crippen LogP contribution in [0.2, 0.25) is 0 Å². The zero-order chi connectivity index (χ0) is 19.6. The minimum atomic E-state index is -0.307. The number of benzene rings is 2. The fourth-order valence-corrected chi connectivity index (χ4v) is 2.46. The fraction of sp³-hybridized carbons (Fsp3) is 0.0952. The van der Waals surface area contributed by atoms with Crippen molar-refractivity contribution < 1.29 is 9.59 Å². The van der Waals surface area contributed by atoms with E-state index in [1.807, 2.05) is 78.9 Å². The van der Waals surface area contributed by atoms with E-state index < -0.39 is 0 Å². The zero-order valence-electron chi connectivity index (χ0n) is 15.2. The highest BCUT2D eigenvalue weighted by molar-refractivity contribution is 5.89. The van der Waals surface area contributed by atoms with Crippen LogP contribution in [0.25, 0.3) is 0 Å². The van der Waals surface area contributed by atoms with Gasteiger partial charge >= 0.3 is 12.1 Å². The van der Waals surface area contributed by atoms with Gasteiger partial charge in [-0.15, -0.1) is 0 Å². The molecule has 0 atom stereocenters. The molecule has 3 rings (SSSR count). The summed E-state index contributed by atoms with van der Waals surface area (Å²) in [6.45, 7) is 0.561. The van der Waals surface area contributed by atoms with E-state index in [2.05, 4.69) is 26.3 Å². The summed E-state index contributed by atoms with van der Waals surface area (Å²) in [7, 11) is 0. The van der Waals surface area contributed by atoms with E-state index in [9.17, 15) is 9.59 Å². The molecule has 4 amide bonds. The predicted octanol–water partition coefficient (Wildman–Crippen LogP) is 3.73. The molecular formula is C21H21N5O2. The van der Waals surface area contributed by atoms with E-state index in [0.717, 1.165) is 11.4 Å². The number of para-hydroxylation sites is 2. The Morgan fingerprint density at radius 2 is 1.04 bits per heavy atom. The van der Waals surface area contributed by atoms with Crippen molar-refractivity contribution in [3.8, 4) is 0 Å². The van der Waals surface area contributed by atoms with E-state index in [4.69, 9.17) is 0 Å². The Morgan fingerprint density at radius 3 is 1.46 bits per heavy atom. The van der Waals surface area contributed by atoms with Gasteiger partial charge in [-0.1, -0.05) is 42.5 Å². The lowest BCUT2D eigenvalue weighted by atomic mass is 10.3. The molecule has 7 nitrogen and oxygen atoms in total. The second-order valence-electron chi connectivity index (χ2n) is 5.97. The number of hydrogen-bond donors (Lipinski definition) is 4. The van der Waals surface area contributed by atoms with E-state index in [1.165, 1.54) is 0 Å². The topological polar surface area (TPSA) is 95.2 Å². The number of rotatable bonds is 6. The average Bonchev–Trinajstić information content (AvgIpc) is 2.73. The monoisotopic (exact) mass is 375 g/mol. The van der Waals surface area contributed by atoms with Crippen molar-refractivity contribution in [3.63, 3.8) is 0 Å². The number of hydrogen-bond acceptors (Lipinski definition) is 3. The third-order valence-electron chi connectivity index (χ3n) is 3.79. The van der Waals surface area contributed by atoms with Crippen LogP contribution in [0.5, 0.6) is 0 Å². The molecule has 142 valence electrons. The fourth-order valence-electron chi connectivity index (χ4n) is 2.46. The van der Waals surface area contributed by atoms with Crippen LogP contribution in [-0.4, -0.2) is 17.0 Å². The quantitative estimate of drug-likeness (QED) is 0.529. The van der Waals surface area contributed by atoms with Crippen molar-refractivity contribution in [1.82, 2.24) is 15.6 Å². The first kappa shape index (κ1) is 18.9. The van der Waals surface area contributed by atoms with Gasteiger partial charge in [-0.3, -0.25) is 4.98 Å². The predicted molar refractivity (Wildman–Crippen MR) is 109 cm³/mol. The highest BCUT2D eigenvalue weighted by atomic mass is 16.2. The molecule has 0 aliphatic heterocycles. The number of nitrogens with one attached hydrogen (secondary N) is 4. The Labute approximate surface area is 163 Å². The molecule has 3 aromatic rings. The maximum Gasteiger partial charge on any atom is 0.319 e. The lowest BCUT2D eigenvalue weighted by Gasteiger charge is -2.09. The highest BCUT2D eigenvalue weighted by Crippen LogP contribution is 2.06. The van der Waals surface area contributed by atoms with Crippen LogP contribution < -0.4 is 21.3 Å². The lowest BCUT2D eigenvalue weighted by Crippen LogP contribution is -2.29. The molecule has 0 aliphatic rings. The summed E-state index contributed by atoms with van der Waals surface area (Å²) >= 11 is 0. The molecule has 28 heavy (non-hydrogen) atoms. The van der Waals surface area contributed by atoms with Crippen LogP contribution in [0.4, 0.5) is 21.0 Å². The smallest absolute Gasteiger partial charge is 0.319 e. The number of pyridine rings is 1. The van der Waals surface area contributed by atoms with Crippen molar-refractivity contribution in [2.45, 2.75) is 13.1 Å². The van der Waals surface area contributed by atoms with Gasteiger partial charge in [-0.25, -0.2) is 9.59 Å². The van der Waals surface area contributed by atoms with Crippen molar-refractivity contribution in [2.75, 3.05) is 10.6 Å². The van der Waals surface area contributed by atoms with Gasteiger partial charge in [0.25, 0.3) is 0 Å². The maximum absolute atomic E-state index is 11.9. The van der Waals surface area contributed by atoms with E-state index >= 15 is 0 Å². The van der Waals surface area contributed by atoms with Gasteiger partial charge in [0, 0.05) is 11.4 Å². The number of nitrogens with zero attached hydrogens (tertiary/aromatic N) is 1. The number of carbonyl (C=O) groups excluding carboxylic acids is 2. The summed E-state index contributed by atoms with van der Waals surface area (Å²) in [5.41, 5.74) is 2.84. The van der Waals surface area contributed by atoms with E-state index in [0.29, 0.717) is 11.4 Å². The number of aromatic nitrogens is 1. The largest absolute Gasteiger partial charge is 0.332 e. The first-order chi connectivity index (χ1) is 13.7. The molecule has 0 unspecified atom stereocenters. The van der Waals surface area contributed by atoms with Crippen molar-refractivity contribution in [1.29, 1.82) is 0 Å². The zero-order valence-corrected chi connectivity index (χ0v) is 15.2. The average molecular weight is 375 g/mol. The van der Waals surface area contributed by atoms with Crippen LogP contribution in [0.3, 0.4) is 0 Å².